The zero-order valence-electron chi connectivity index (χ0n) is 17.3. The molecule has 2 heterocycles. The third-order valence-corrected chi connectivity index (χ3v) is 4.77. The average molecular weight is 398 g/mol. The van der Waals surface area contributed by atoms with E-state index in [2.05, 4.69) is 34.3 Å². The summed E-state index contributed by atoms with van der Waals surface area (Å²) in [6.07, 6.45) is 0.851. The smallest absolute Gasteiger partial charge is 0.329 e. The zero-order chi connectivity index (χ0) is 21.1. The molecule has 0 spiro atoms. The van der Waals surface area contributed by atoms with Gasteiger partial charge in [0.2, 0.25) is 5.95 Å². The van der Waals surface area contributed by atoms with Crippen molar-refractivity contribution < 1.29 is 4.74 Å². The van der Waals surface area contributed by atoms with E-state index < -0.39 is 11.2 Å². The number of hydrogen-bond acceptors (Lipinski definition) is 6. The number of hydrogen-bond donors (Lipinski definition) is 2. The Kier molecular flexibility index (Phi) is 5.86. The SMILES string of the molecule is COc1ccc(/C(C)=N/Nc2nc3c(c(=O)[nH]c(=O)n3C)n2CCC(C)C)cc1. The first-order chi connectivity index (χ1) is 13.8. The summed E-state index contributed by atoms with van der Waals surface area (Å²) in [5.74, 6) is 1.63. The lowest BCUT2D eigenvalue weighted by atomic mass is 10.1. The van der Waals surface area contributed by atoms with E-state index in [9.17, 15) is 9.59 Å². The molecule has 9 heteroatoms. The molecule has 0 atom stereocenters. The number of aromatic amines is 1. The van der Waals surface area contributed by atoms with Crippen molar-refractivity contribution >= 4 is 22.8 Å². The first-order valence-corrected chi connectivity index (χ1v) is 9.46. The van der Waals surface area contributed by atoms with Gasteiger partial charge in [-0.25, -0.2) is 10.2 Å². The van der Waals surface area contributed by atoms with Crippen LogP contribution in [0, 0.1) is 5.92 Å². The van der Waals surface area contributed by atoms with Gasteiger partial charge in [0.05, 0.1) is 12.8 Å². The maximum atomic E-state index is 12.4. The number of ether oxygens (including phenoxy) is 1. The Morgan fingerprint density at radius 2 is 1.97 bits per heavy atom. The summed E-state index contributed by atoms with van der Waals surface area (Å²) < 4.78 is 8.28. The number of methoxy groups -OCH3 is 1. The van der Waals surface area contributed by atoms with E-state index in [-0.39, 0.29) is 0 Å². The molecule has 0 bridgehead atoms. The number of aryl methyl sites for hydroxylation is 2. The molecule has 0 amide bonds. The summed E-state index contributed by atoms with van der Waals surface area (Å²) in [5, 5.41) is 4.43. The monoisotopic (exact) mass is 398 g/mol. The highest BCUT2D eigenvalue weighted by Gasteiger charge is 2.17. The van der Waals surface area contributed by atoms with Crippen molar-refractivity contribution in [2.24, 2.45) is 18.1 Å². The van der Waals surface area contributed by atoms with Crippen molar-refractivity contribution in [1.82, 2.24) is 19.1 Å². The molecule has 0 saturated heterocycles. The van der Waals surface area contributed by atoms with Gasteiger partial charge in [-0.1, -0.05) is 13.8 Å². The average Bonchev–Trinajstić information content (AvgIpc) is 3.08. The van der Waals surface area contributed by atoms with E-state index >= 15 is 0 Å². The fourth-order valence-corrected chi connectivity index (χ4v) is 2.96. The van der Waals surface area contributed by atoms with Gasteiger partial charge < -0.3 is 9.30 Å². The molecule has 0 unspecified atom stereocenters. The van der Waals surface area contributed by atoms with Crippen LogP contribution in [0.15, 0.2) is 39.0 Å². The van der Waals surface area contributed by atoms with E-state index in [1.807, 2.05) is 31.2 Å². The number of benzene rings is 1. The van der Waals surface area contributed by atoms with E-state index in [1.165, 1.54) is 4.57 Å². The molecule has 0 saturated carbocycles. The number of nitrogens with one attached hydrogen (secondary N) is 2. The highest BCUT2D eigenvalue weighted by Crippen LogP contribution is 2.18. The number of fused-ring (bicyclic) bond motifs is 1. The quantitative estimate of drug-likeness (QED) is 0.469. The minimum Gasteiger partial charge on any atom is -0.497 e. The third kappa shape index (κ3) is 4.23. The molecule has 0 aliphatic carbocycles. The Labute approximate surface area is 168 Å². The lowest BCUT2D eigenvalue weighted by Crippen LogP contribution is -2.29. The van der Waals surface area contributed by atoms with Crippen LogP contribution in [0.3, 0.4) is 0 Å². The number of nitrogens with zero attached hydrogens (tertiary/aromatic N) is 4. The second-order valence-electron chi connectivity index (χ2n) is 7.30. The normalized spacial score (nSPS) is 12.0. The lowest BCUT2D eigenvalue weighted by molar-refractivity contribution is 0.415. The number of H-pyrrole nitrogens is 1. The first-order valence-electron chi connectivity index (χ1n) is 9.46. The van der Waals surface area contributed by atoms with Crippen LogP contribution in [-0.4, -0.2) is 31.9 Å². The highest BCUT2D eigenvalue weighted by molar-refractivity contribution is 5.99. The second kappa shape index (κ2) is 8.34. The highest BCUT2D eigenvalue weighted by atomic mass is 16.5. The van der Waals surface area contributed by atoms with Crippen molar-refractivity contribution in [3.05, 3.63) is 50.7 Å². The van der Waals surface area contributed by atoms with Gasteiger partial charge in [-0.05, 0) is 49.1 Å². The van der Waals surface area contributed by atoms with Gasteiger partial charge in [0.25, 0.3) is 5.56 Å². The second-order valence-corrected chi connectivity index (χ2v) is 7.30. The number of rotatable bonds is 7. The topological polar surface area (TPSA) is 106 Å². The summed E-state index contributed by atoms with van der Waals surface area (Å²) in [6, 6.07) is 7.55. The van der Waals surface area contributed by atoms with Gasteiger partial charge in [-0.15, -0.1) is 0 Å². The number of anilines is 1. The summed E-state index contributed by atoms with van der Waals surface area (Å²) in [4.78, 5) is 31.2. The first kappa shape index (κ1) is 20.4. The molecule has 0 aliphatic heterocycles. The number of imidazole rings is 1. The fraction of sp³-hybridized carbons (Fsp3) is 0.400. The molecule has 0 radical (unpaired) electrons. The number of aromatic nitrogens is 4. The Balaban J connectivity index is 2.01. The molecule has 0 aliphatic rings. The molecule has 3 aromatic rings. The predicted molar refractivity (Wildman–Crippen MR) is 114 cm³/mol. The van der Waals surface area contributed by atoms with Crippen LogP contribution in [0.2, 0.25) is 0 Å². The molecule has 3 rings (SSSR count). The van der Waals surface area contributed by atoms with Gasteiger partial charge in [-0.2, -0.15) is 10.1 Å². The molecule has 2 N–H and O–H groups in total. The minimum absolute atomic E-state index is 0.322. The standard InChI is InChI=1S/C20H26N6O3/c1-12(2)10-11-26-16-17(25(4)20(28)22-18(16)27)21-19(26)24-23-13(3)14-6-8-15(29-5)9-7-14/h6-9,12H,10-11H2,1-5H3,(H,21,24)(H,22,27,28)/b23-13+. The maximum absolute atomic E-state index is 12.4. The van der Waals surface area contributed by atoms with Gasteiger partial charge in [0.15, 0.2) is 11.2 Å². The van der Waals surface area contributed by atoms with Crippen LogP contribution in [0.25, 0.3) is 11.2 Å². The Hall–Kier alpha value is -3.36. The molecule has 154 valence electrons. The number of hydrazone groups is 1. The van der Waals surface area contributed by atoms with Crippen LogP contribution in [0.4, 0.5) is 5.95 Å². The maximum Gasteiger partial charge on any atom is 0.329 e. The van der Waals surface area contributed by atoms with Crippen LogP contribution in [0.1, 0.15) is 32.8 Å². The van der Waals surface area contributed by atoms with Crippen LogP contribution < -0.4 is 21.4 Å². The van der Waals surface area contributed by atoms with Crippen LogP contribution >= 0.6 is 0 Å². The largest absolute Gasteiger partial charge is 0.497 e. The summed E-state index contributed by atoms with van der Waals surface area (Å²) >= 11 is 0. The van der Waals surface area contributed by atoms with E-state index in [0.29, 0.717) is 29.6 Å². The van der Waals surface area contributed by atoms with Gasteiger partial charge >= 0.3 is 5.69 Å². The van der Waals surface area contributed by atoms with Gasteiger partial charge in [-0.3, -0.25) is 14.3 Å². The Morgan fingerprint density at radius 1 is 1.28 bits per heavy atom. The van der Waals surface area contributed by atoms with Crippen molar-refractivity contribution in [2.75, 3.05) is 12.5 Å². The Bertz CT molecular complexity index is 1150. The van der Waals surface area contributed by atoms with Crippen molar-refractivity contribution in [1.29, 1.82) is 0 Å². The molecule has 1 aromatic carbocycles. The predicted octanol–water partition coefficient (Wildman–Crippen LogP) is 2.31. The summed E-state index contributed by atoms with van der Waals surface area (Å²) in [5.41, 5.74) is 4.36. The molecule has 2 aromatic heterocycles. The van der Waals surface area contributed by atoms with Crippen molar-refractivity contribution in [3.63, 3.8) is 0 Å². The molecular formula is C20H26N6O3. The molecule has 0 fully saturated rings. The van der Waals surface area contributed by atoms with Crippen molar-refractivity contribution in [3.8, 4) is 5.75 Å². The Morgan fingerprint density at radius 3 is 2.59 bits per heavy atom. The van der Waals surface area contributed by atoms with Crippen LogP contribution in [-0.2, 0) is 13.6 Å². The van der Waals surface area contributed by atoms with E-state index in [4.69, 9.17) is 4.74 Å². The third-order valence-electron chi connectivity index (χ3n) is 4.77. The van der Waals surface area contributed by atoms with E-state index in [1.54, 1.807) is 18.7 Å². The van der Waals surface area contributed by atoms with Crippen LogP contribution in [0.5, 0.6) is 5.75 Å². The molecule has 9 nitrogen and oxygen atoms in total. The van der Waals surface area contributed by atoms with E-state index in [0.717, 1.165) is 23.4 Å². The fourth-order valence-electron chi connectivity index (χ4n) is 2.96. The lowest BCUT2D eigenvalue weighted by Gasteiger charge is -2.10. The molecule has 29 heavy (non-hydrogen) atoms. The zero-order valence-corrected chi connectivity index (χ0v) is 17.3. The molecular weight excluding hydrogens is 372 g/mol. The summed E-state index contributed by atoms with van der Waals surface area (Å²) in [7, 11) is 3.20. The van der Waals surface area contributed by atoms with Crippen molar-refractivity contribution in [2.45, 2.75) is 33.7 Å². The summed E-state index contributed by atoms with van der Waals surface area (Å²) in [6.45, 7) is 6.67. The van der Waals surface area contributed by atoms with Gasteiger partial charge in [0, 0.05) is 13.6 Å². The van der Waals surface area contributed by atoms with Gasteiger partial charge in [0.1, 0.15) is 5.75 Å². The minimum atomic E-state index is -0.500.